The summed E-state index contributed by atoms with van der Waals surface area (Å²) in [4.78, 5) is 2.48. The summed E-state index contributed by atoms with van der Waals surface area (Å²) < 4.78 is 0. The number of hydrogen-bond donors (Lipinski definition) is 0. The quantitative estimate of drug-likeness (QED) is 0.676. The molecule has 1 nitrogen and oxygen atoms in total. The van der Waals surface area contributed by atoms with Crippen molar-refractivity contribution >= 4 is 15.9 Å². The minimum absolute atomic E-state index is 0.686. The van der Waals surface area contributed by atoms with Crippen molar-refractivity contribution < 1.29 is 0 Å². The highest BCUT2D eigenvalue weighted by atomic mass is 79.9. The van der Waals surface area contributed by atoms with Gasteiger partial charge in [0.1, 0.15) is 0 Å². The maximum atomic E-state index is 3.52. The van der Waals surface area contributed by atoms with Gasteiger partial charge in [-0.15, -0.1) is 0 Å². The smallest absolute Gasteiger partial charge is 0.0185 e. The van der Waals surface area contributed by atoms with Crippen LogP contribution in [0.2, 0.25) is 0 Å². The molecule has 12 heavy (non-hydrogen) atoms. The maximum absolute atomic E-state index is 3.52. The second-order valence-electron chi connectivity index (χ2n) is 4.09. The molecule has 0 bridgehead atoms. The predicted molar refractivity (Wildman–Crippen MR) is 57.8 cm³/mol. The van der Waals surface area contributed by atoms with E-state index in [-0.39, 0.29) is 0 Å². The van der Waals surface area contributed by atoms with Crippen LogP contribution in [0.1, 0.15) is 32.6 Å². The Labute approximate surface area is 84.6 Å². The molecule has 0 heterocycles. The molecular formula is C10H20BrN. The average Bonchev–Trinajstić information content (AvgIpc) is 2.55. The maximum Gasteiger partial charge on any atom is 0.0185 e. The van der Waals surface area contributed by atoms with E-state index >= 15 is 0 Å². The number of rotatable bonds is 4. The van der Waals surface area contributed by atoms with Crippen molar-refractivity contribution in [2.45, 2.75) is 38.6 Å². The van der Waals surface area contributed by atoms with Gasteiger partial charge < -0.3 is 4.90 Å². The van der Waals surface area contributed by atoms with Gasteiger partial charge in [0, 0.05) is 17.9 Å². The summed E-state index contributed by atoms with van der Waals surface area (Å²) >= 11 is 3.52. The first-order chi connectivity index (χ1) is 5.74. The van der Waals surface area contributed by atoms with Crippen LogP contribution in [0.3, 0.4) is 0 Å². The largest absolute Gasteiger partial charge is 0.303 e. The van der Waals surface area contributed by atoms with Crippen molar-refractivity contribution in [1.82, 2.24) is 4.90 Å². The Morgan fingerprint density at radius 2 is 2.00 bits per heavy atom. The third-order valence-electron chi connectivity index (χ3n) is 3.00. The van der Waals surface area contributed by atoms with Crippen LogP contribution in [-0.2, 0) is 0 Å². The van der Waals surface area contributed by atoms with Crippen LogP contribution >= 0.6 is 15.9 Å². The Bertz CT molecular complexity index is 121. The highest BCUT2D eigenvalue weighted by molar-refractivity contribution is 9.09. The molecular weight excluding hydrogens is 214 g/mol. The van der Waals surface area contributed by atoms with Crippen LogP contribution < -0.4 is 0 Å². The van der Waals surface area contributed by atoms with Crippen LogP contribution in [0, 0.1) is 5.92 Å². The summed E-state index contributed by atoms with van der Waals surface area (Å²) in [7, 11) is 2.24. The topological polar surface area (TPSA) is 3.24 Å². The SMILES string of the molecule is CC(CBr)N(C)CC1CCCC1. The van der Waals surface area contributed by atoms with Gasteiger partial charge in [-0.3, -0.25) is 0 Å². The van der Waals surface area contributed by atoms with Gasteiger partial charge in [-0.05, 0) is 32.7 Å². The van der Waals surface area contributed by atoms with Gasteiger partial charge in [0.15, 0.2) is 0 Å². The molecule has 0 aliphatic heterocycles. The molecule has 1 rings (SSSR count). The molecule has 0 aromatic rings. The Kier molecular flexibility index (Phi) is 4.59. The molecule has 1 saturated carbocycles. The van der Waals surface area contributed by atoms with Crippen molar-refractivity contribution in [3.8, 4) is 0 Å². The van der Waals surface area contributed by atoms with Gasteiger partial charge >= 0.3 is 0 Å². The second-order valence-corrected chi connectivity index (χ2v) is 4.74. The van der Waals surface area contributed by atoms with Crippen LogP contribution in [0.15, 0.2) is 0 Å². The molecule has 1 aliphatic carbocycles. The fraction of sp³-hybridized carbons (Fsp3) is 1.00. The fourth-order valence-electron chi connectivity index (χ4n) is 1.90. The standard InChI is InChI=1S/C10H20BrN/c1-9(7-11)12(2)8-10-5-3-4-6-10/h9-10H,3-8H2,1-2H3. The molecule has 0 saturated heterocycles. The summed E-state index contributed by atoms with van der Waals surface area (Å²) in [5, 5.41) is 1.09. The van der Waals surface area contributed by atoms with Gasteiger partial charge in [0.05, 0.1) is 0 Å². The van der Waals surface area contributed by atoms with Gasteiger partial charge in [0.2, 0.25) is 0 Å². The van der Waals surface area contributed by atoms with E-state index in [4.69, 9.17) is 0 Å². The van der Waals surface area contributed by atoms with E-state index in [0.29, 0.717) is 6.04 Å². The first kappa shape index (κ1) is 10.5. The van der Waals surface area contributed by atoms with E-state index in [1.165, 1.54) is 32.2 Å². The first-order valence-electron chi connectivity index (χ1n) is 5.00. The monoisotopic (exact) mass is 233 g/mol. The molecule has 0 N–H and O–H groups in total. The zero-order chi connectivity index (χ0) is 8.97. The molecule has 72 valence electrons. The lowest BCUT2D eigenvalue weighted by molar-refractivity contribution is 0.235. The number of hydrogen-bond acceptors (Lipinski definition) is 1. The first-order valence-corrected chi connectivity index (χ1v) is 6.12. The molecule has 1 fully saturated rings. The van der Waals surface area contributed by atoms with Gasteiger partial charge in [-0.25, -0.2) is 0 Å². The highest BCUT2D eigenvalue weighted by Gasteiger charge is 2.18. The third-order valence-corrected chi connectivity index (χ3v) is 3.93. The summed E-state index contributed by atoms with van der Waals surface area (Å²) in [6, 6.07) is 0.686. The molecule has 1 atom stereocenters. The van der Waals surface area contributed by atoms with Gasteiger partial charge in [-0.2, -0.15) is 0 Å². The zero-order valence-corrected chi connectivity index (χ0v) is 9.81. The number of alkyl halides is 1. The number of halogens is 1. The number of nitrogens with zero attached hydrogens (tertiary/aromatic N) is 1. The summed E-state index contributed by atoms with van der Waals surface area (Å²) in [6.45, 7) is 3.58. The predicted octanol–water partition coefficient (Wildman–Crippen LogP) is 2.89. The molecule has 0 aromatic heterocycles. The highest BCUT2D eigenvalue weighted by Crippen LogP contribution is 2.25. The molecule has 0 radical (unpaired) electrons. The van der Waals surface area contributed by atoms with Crippen LogP contribution in [0.5, 0.6) is 0 Å². The van der Waals surface area contributed by atoms with E-state index in [2.05, 4.69) is 34.8 Å². The Morgan fingerprint density at radius 1 is 1.42 bits per heavy atom. The van der Waals surface area contributed by atoms with Crippen LogP contribution in [-0.4, -0.2) is 29.9 Å². The lowest BCUT2D eigenvalue weighted by Gasteiger charge is -2.25. The van der Waals surface area contributed by atoms with E-state index in [0.717, 1.165) is 11.2 Å². The Hall–Kier alpha value is 0.440. The van der Waals surface area contributed by atoms with Crippen molar-refractivity contribution in [2.75, 3.05) is 18.9 Å². The molecule has 0 aromatic carbocycles. The molecule has 1 aliphatic rings. The molecule has 0 amide bonds. The zero-order valence-electron chi connectivity index (χ0n) is 8.22. The Morgan fingerprint density at radius 3 is 2.50 bits per heavy atom. The third kappa shape index (κ3) is 3.06. The van der Waals surface area contributed by atoms with Crippen molar-refractivity contribution in [1.29, 1.82) is 0 Å². The second kappa shape index (κ2) is 5.23. The van der Waals surface area contributed by atoms with Crippen LogP contribution in [0.25, 0.3) is 0 Å². The summed E-state index contributed by atoms with van der Waals surface area (Å²) in [6.07, 6.45) is 5.83. The molecule has 1 unspecified atom stereocenters. The Balaban J connectivity index is 2.19. The van der Waals surface area contributed by atoms with Gasteiger partial charge in [-0.1, -0.05) is 28.8 Å². The minimum atomic E-state index is 0.686. The minimum Gasteiger partial charge on any atom is -0.303 e. The van der Waals surface area contributed by atoms with E-state index < -0.39 is 0 Å². The normalized spacial score (nSPS) is 22.0. The van der Waals surface area contributed by atoms with Crippen molar-refractivity contribution in [3.63, 3.8) is 0 Å². The summed E-state index contributed by atoms with van der Waals surface area (Å²) in [5.41, 5.74) is 0. The lowest BCUT2D eigenvalue weighted by atomic mass is 10.1. The average molecular weight is 234 g/mol. The summed E-state index contributed by atoms with van der Waals surface area (Å²) in [5.74, 6) is 0.983. The van der Waals surface area contributed by atoms with E-state index in [9.17, 15) is 0 Å². The van der Waals surface area contributed by atoms with Crippen molar-refractivity contribution in [2.24, 2.45) is 5.92 Å². The molecule has 0 spiro atoms. The van der Waals surface area contributed by atoms with Crippen molar-refractivity contribution in [3.05, 3.63) is 0 Å². The lowest BCUT2D eigenvalue weighted by Crippen LogP contribution is -2.33. The van der Waals surface area contributed by atoms with E-state index in [1.54, 1.807) is 0 Å². The van der Waals surface area contributed by atoms with Gasteiger partial charge in [0.25, 0.3) is 0 Å². The fourth-order valence-corrected chi connectivity index (χ4v) is 2.39. The van der Waals surface area contributed by atoms with E-state index in [1.807, 2.05) is 0 Å². The van der Waals surface area contributed by atoms with Crippen LogP contribution in [0.4, 0.5) is 0 Å². The molecule has 2 heteroatoms.